The normalized spacial score (nSPS) is 15.0. The smallest absolute Gasteiger partial charge is 0.141 e. The molecule has 0 amide bonds. The van der Waals surface area contributed by atoms with Crippen molar-refractivity contribution < 1.29 is 9.13 Å². The molecule has 4 rings (SSSR count). The number of methoxy groups -OCH3 is 1. The summed E-state index contributed by atoms with van der Waals surface area (Å²) in [4.78, 5) is 13.7. The van der Waals surface area contributed by atoms with Crippen LogP contribution in [0.5, 0.6) is 5.75 Å². The van der Waals surface area contributed by atoms with E-state index in [0.29, 0.717) is 22.8 Å². The highest BCUT2D eigenvalue weighted by molar-refractivity contribution is 6.31. The molecular formula is C27H31ClFN5O. The first-order chi connectivity index (χ1) is 16.8. The molecule has 8 heteroatoms. The molecule has 1 saturated heterocycles. The van der Waals surface area contributed by atoms with Crippen molar-refractivity contribution in [1.29, 1.82) is 0 Å². The van der Waals surface area contributed by atoms with E-state index in [4.69, 9.17) is 16.3 Å². The highest BCUT2D eigenvalue weighted by atomic mass is 35.5. The molecule has 0 unspecified atom stereocenters. The van der Waals surface area contributed by atoms with Gasteiger partial charge in [-0.05, 0) is 51.1 Å². The predicted octanol–water partition coefficient (Wildman–Crippen LogP) is 5.33. The number of anilines is 2. The standard InChI is InChI=1S/C27H31ClFN5O/c1-5-10-33-11-13-34(14-12-33)27(2,3)9-8-19-15-21-24(17-25(19)35-4)30-18-31-26(21)32-20-6-7-23(29)22(28)16-20/h6-7,15-18H,5,10-14H2,1-4H3,(H,30,31,32). The summed E-state index contributed by atoms with van der Waals surface area (Å²) in [7, 11) is 1.63. The monoisotopic (exact) mass is 495 g/mol. The third-order valence-electron chi connectivity index (χ3n) is 6.34. The summed E-state index contributed by atoms with van der Waals surface area (Å²) in [6, 6.07) is 8.25. The fourth-order valence-corrected chi connectivity index (χ4v) is 4.49. The second-order valence-electron chi connectivity index (χ2n) is 9.18. The minimum Gasteiger partial charge on any atom is -0.495 e. The van der Waals surface area contributed by atoms with Crippen LogP contribution in [0.25, 0.3) is 10.9 Å². The molecule has 1 aliphatic rings. The molecule has 0 bridgehead atoms. The molecule has 0 saturated carbocycles. The average Bonchev–Trinajstić information content (AvgIpc) is 2.85. The van der Waals surface area contributed by atoms with Crippen molar-refractivity contribution in [3.63, 3.8) is 0 Å². The number of ether oxygens (including phenoxy) is 1. The summed E-state index contributed by atoms with van der Waals surface area (Å²) in [6.45, 7) is 11.8. The fraction of sp³-hybridized carbons (Fsp3) is 0.407. The quantitative estimate of drug-likeness (QED) is 0.466. The van der Waals surface area contributed by atoms with Crippen molar-refractivity contribution in [2.75, 3.05) is 45.2 Å². The van der Waals surface area contributed by atoms with Crippen LogP contribution in [0, 0.1) is 17.7 Å². The first kappa shape index (κ1) is 25.2. The van der Waals surface area contributed by atoms with E-state index in [9.17, 15) is 4.39 Å². The minimum atomic E-state index is -0.471. The number of piperazine rings is 1. The lowest BCUT2D eigenvalue weighted by molar-refractivity contribution is 0.0812. The van der Waals surface area contributed by atoms with Crippen LogP contribution in [0.1, 0.15) is 32.8 Å². The highest BCUT2D eigenvalue weighted by Gasteiger charge is 2.28. The van der Waals surface area contributed by atoms with E-state index in [1.165, 1.54) is 24.9 Å². The molecular weight excluding hydrogens is 465 g/mol. The van der Waals surface area contributed by atoms with Gasteiger partial charge in [-0.1, -0.05) is 30.4 Å². The zero-order chi connectivity index (χ0) is 25.0. The van der Waals surface area contributed by atoms with Gasteiger partial charge in [0, 0.05) is 43.3 Å². The van der Waals surface area contributed by atoms with Crippen LogP contribution in [0.3, 0.4) is 0 Å². The number of benzene rings is 2. The molecule has 0 radical (unpaired) electrons. The summed E-state index contributed by atoms with van der Waals surface area (Å²) < 4.78 is 19.2. The number of hydrogen-bond acceptors (Lipinski definition) is 6. The van der Waals surface area contributed by atoms with Crippen LogP contribution in [0.15, 0.2) is 36.7 Å². The molecule has 35 heavy (non-hydrogen) atoms. The number of aromatic nitrogens is 2. The zero-order valence-electron chi connectivity index (χ0n) is 20.7. The van der Waals surface area contributed by atoms with Crippen molar-refractivity contribution in [3.8, 4) is 17.6 Å². The Morgan fingerprint density at radius 2 is 1.91 bits per heavy atom. The van der Waals surface area contributed by atoms with Crippen LogP contribution < -0.4 is 10.1 Å². The molecule has 1 aromatic heterocycles. The van der Waals surface area contributed by atoms with Gasteiger partial charge >= 0.3 is 0 Å². The fourth-order valence-electron chi connectivity index (χ4n) is 4.31. The minimum absolute atomic E-state index is 0.0411. The Hall–Kier alpha value is -2.92. The van der Waals surface area contributed by atoms with E-state index >= 15 is 0 Å². The number of nitrogens with zero attached hydrogens (tertiary/aromatic N) is 4. The van der Waals surface area contributed by atoms with Crippen LogP contribution >= 0.6 is 11.6 Å². The second-order valence-corrected chi connectivity index (χ2v) is 9.59. The predicted molar refractivity (Wildman–Crippen MR) is 140 cm³/mol. The SMILES string of the molecule is CCCN1CCN(C(C)(C)C#Cc2cc3c(Nc4ccc(F)c(Cl)c4)ncnc3cc2OC)CC1. The maximum atomic E-state index is 13.6. The average molecular weight is 496 g/mol. The largest absolute Gasteiger partial charge is 0.495 e. The third kappa shape index (κ3) is 5.84. The van der Waals surface area contributed by atoms with E-state index in [2.05, 4.69) is 57.7 Å². The molecule has 2 aromatic carbocycles. The molecule has 2 heterocycles. The summed E-state index contributed by atoms with van der Waals surface area (Å²) in [5, 5.41) is 4.04. The Kier molecular flexibility index (Phi) is 7.75. The summed E-state index contributed by atoms with van der Waals surface area (Å²) in [6.07, 6.45) is 2.65. The topological polar surface area (TPSA) is 53.5 Å². The summed E-state index contributed by atoms with van der Waals surface area (Å²) in [5.74, 6) is 7.59. The van der Waals surface area contributed by atoms with Gasteiger partial charge in [0.2, 0.25) is 0 Å². The molecule has 1 fully saturated rings. The van der Waals surface area contributed by atoms with Crippen LogP contribution in [-0.2, 0) is 0 Å². The number of nitrogens with one attached hydrogen (secondary N) is 1. The zero-order valence-corrected chi connectivity index (χ0v) is 21.4. The van der Waals surface area contributed by atoms with Gasteiger partial charge < -0.3 is 15.0 Å². The van der Waals surface area contributed by atoms with Crippen LogP contribution in [0.2, 0.25) is 5.02 Å². The number of hydrogen-bond donors (Lipinski definition) is 1. The Labute approximate surface area is 211 Å². The summed E-state index contributed by atoms with van der Waals surface area (Å²) >= 11 is 5.95. The maximum Gasteiger partial charge on any atom is 0.141 e. The van der Waals surface area contributed by atoms with Gasteiger partial charge in [-0.15, -0.1) is 0 Å². The molecule has 0 aliphatic carbocycles. The summed E-state index contributed by atoms with van der Waals surface area (Å²) in [5.41, 5.74) is 1.82. The Morgan fingerprint density at radius 3 is 2.60 bits per heavy atom. The van der Waals surface area contributed by atoms with E-state index < -0.39 is 5.82 Å². The number of halogens is 2. The van der Waals surface area contributed by atoms with E-state index in [-0.39, 0.29) is 10.6 Å². The van der Waals surface area contributed by atoms with Gasteiger partial charge in [0.15, 0.2) is 0 Å². The van der Waals surface area contributed by atoms with Crippen molar-refractivity contribution in [2.24, 2.45) is 0 Å². The van der Waals surface area contributed by atoms with Gasteiger partial charge in [0.25, 0.3) is 0 Å². The highest BCUT2D eigenvalue weighted by Crippen LogP contribution is 2.30. The Balaban J connectivity index is 1.63. The first-order valence-electron chi connectivity index (χ1n) is 11.9. The molecule has 184 valence electrons. The molecule has 1 aliphatic heterocycles. The molecule has 0 spiro atoms. The molecule has 0 atom stereocenters. The Bertz CT molecular complexity index is 1260. The molecule has 1 N–H and O–H groups in total. The van der Waals surface area contributed by atoms with Crippen LogP contribution in [0.4, 0.5) is 15.9 Å². The third-order valence-corrected chi connectivity index (χ3v) is 6.63. The lowest BCUT2D eigenvalue weighted by Gasteiger charge is -2.41. The first-order valence-corrected chi connectivity index (χ1v) is 12.2. The molecule has 3 aromatic rings. The van der Waals surface area contributed by atoms with Crippen molar-refractivity contribution in [1.82, 2.24) is 19.8 Å². The lowest BCUT2D eigenvalue weighted by atomic mass is 10.0. The van der Waals surface area contributed by atoms with E-state index in [0.717, 1.165) is 43.7 Å². The van der Waals surface area contributed by atoms with E-state index in [1.807, 2.05) is 12.1 Å². The maximum absolute atomic E-state index is 13.6. The van der Waals surface area contributed by atoms with Crippen molar-refractivity contribution in [2.45, 2.75) is 32.7 Å². The van der Waals surface area contributed by atoms with Crippen LogP contribution in [-0.4, -0.2) is 65.1 Å². The van der Waals surface area contributed by atoms with Gasteiger partial charge in [-0.2, -0.15) is 0 Å². The van der Waals surface area contributed by atoms with E-state index in [1.54, 1.807) is 13.2 Å². The lowest BCUT2D eigenvalue weighted by Crippen LogP contribution is -2.54. The second kappa shape index (κ2) is 10.8. The Morgan fingerprint density at radius 1 is 1.14 bits per heavy atom. The van der Waals surface area contributed by atoms with Gasteiger partial charge in [-0.25, -0.2) is 14.4 Å². The van der Waals surface area contributed by atoms with Gasteiger partial charge in [0.05, 0.1) is 28.8 Å². The number of fused-ring (bicyclic) bond motifs is 1. The van der Waals surface area contributed by atoms with Gasteiger partial charge in [0.1, 0.15) is 23.7 Å². The van der Waals surface area contributed by atoms with Crippen molar-refractivity contribution in [3.05, 3.63) is 53.1 Å². The van der Waals surface area contributed by atoms with Gasteiger partial charge in [-0.3, -0.25) is 4.90 Å². The molecule has 6 nitrogen and oxygen atoms in total. The number of rotatable bonds is 6. The van der Waals surface area contributed by atoms with Crippen molar-refractivity contribution >= 4 is 34.0 Å².